The molecule has 1 atom stereocenters. The molecule has 3 aromatic rings. The fraction of sp³-hybridized carbons (Fsp3) is 0.391. The molecule has 9 heteroatoms. The van der Waals surface area contributed by atoms with E-state index in [2.05, 4.69) is 9.71 Å². The van der Waals surface area contributed by atoms with E-state index in [4.69, 9.17) is 0 Å². The number of aryl methyl sites for hydroxylation is 1. The highest BCUT2D eigenvalue weighted by Gasteiger charge is 2.25. The molecule has 4 rings (SSSR count). The molecule has 0 aliphatic carbocycles. The molecule has 0 radical (unpaired) electrons. The Morgan fingerprint density at radius 3 is 2.56 bits per heavy atom. The van der Waals surface area contributed by atoms with Crippen LogP contribution in [-0.2, 0) is 21.4 Å². The standard InChI is InChI=1S/C23H28N4O3S2/c1-17-16-31-23(24-17)21-13-20(14-27(21)15-22(28)26-11-7-4-8-12-26)32(29,30)25-18(2)19-9-5-3-6-10-19/h3,5-6,9-10,13-14,16,18,25H,4,7-8,11-12,15H2,1-2H3. The van der Waals surface area contributed by atoms with E-state index in [9.17, 15) is 13.2 Å². The van der Waals surface area contributed by atoms with Gasteiger partial charge in [0.2, 0.25) is 15.9 Å². The molecule has 1 amide bonds. The molecule has 0 saturated carbocycles. The van der Waals surface area contributed by atoms with Crippen LogP contribution in [-0.4, -0.2) is 41.9 Å². The van der Waals surface area contributed by atoms with Gasteiger partial charge in [0.1, 0.15) is 16.4 Å². The van der Waals surface area contributed by atoms with E-state index in [0.717, 1.165) is 43.6 Å². The summed E-state index contributed by atoms with van der Waals surface area (Å²) in [5.41, 5.74) is 2.38. The molecule has 1 saturated heterocycles. The molecule has 7 nitrogen and oxygen atoms in total. The van der Waals surface area contributed by atoms with Crippen LogP contribution in [0.3, 0.4) is 0 Å². The maximum absolute atomic E-state index is 13.2. The molecule has 1 aliphatic rings. The summed E-state index contributed by atoms with van der Waals surface area (Å²) in [5, 5.41) is 2.62. The van der Waals surface area contributed by atoms with Crippen LogP contribution in [0, 0.1) is 6.92 Å². The van der Waals surface area contributed by atoms with E-state index in [0.29, 0.717) is 10.7 Å². The van der Waals surface area contributed by atoms with Gasteiger partial charge < -0.3 is 9.47 Å². The summed E-state index contributed by atoms with van der Waals surface area (Å²) >= 11 is 1.44. The maximum Gasteiger partial charge on any atom is 0.242 e. The van der Waals surface area contributed by atoms with E-state index >= 15 is 0 Å². The zero-order valence-electron chi connectivity index (χ0n) is 18.3. The lowest BCUT2D eigenvalue weighted by atomic mass is 10.1. The van der Waals surface area contributed by atoms with Crippen LogP contribution in [0.15, 0.2) is 52.9 Å². The van der Waals surface area contributed by atoms with Gasteiger partial charge in [0, 0.05) is 36.4 Å². The maximum atomic E-state index is 13.2. The number of sulfonamides is 1. The van der Waals surface area contributed by atoms with Crippen molar-refractivity contribution in [2.45, 2.75) is 50.6 Å². The van der Waals surface area contributed by atoms with Crippen molar-refractivity contribution in [3.63, 3.8) is 0 Å². The highest BCUT2D eigenvalue weighted by atomic mass is 32.2. The molecule has 0 bridgehead atoms. The lowest BCUT2D eigenvalue weighted by Crippen LogP contribution is -2.37. The number of amides is 1. The molecule has 32 heavy (non-hydrogen) atoms. The lowest BCUT2D eigenvalue weighted by molar-refractivity contribution is -0.132. The molecular weight excluding hydrogens is 444 g/mol. The topological polar surface area (TPSA) is 84.3 Å². The number of nitrogens with zero attached hydrogens (tertiary/aromatic N) is 3. The van der Waals surface area contributed by atoms with Gasteiger partial charge in [0.05, 0.1) is 5.69 Å². The number of benzene rings is 1. The molecule has 1 unspecified atom stereocenters. The van der Waals surface area contributed by atoms with Crippen LogP contribution < -0.4 is 4.72 Å². The van der Waals surface area contributed by atoms with Gasteiger partial charge in [0.25, 0.3) is 0 Å². The molecule has 0 spiro atoms. The van der Waals surface area contributed by atoms with E-state index < -0.39 is 10.0 Å². The minimum atomic E-state index is -3.79. The van der Waals surface area contributed by atoms with Crippen molar-refractivity contribution in [2.75, 3.05) is 13.1 Å². The van der Waals surface area contributed by atoms with Gasteiger partial charge in [-0.2, -0.15) is 0 Å². The Morgan fingerprint density at radius 1 is 1.19 bits per heavy atom. The summed E-state index contributed by atoms with van der Waals surface area (Å²) < 4.78 is 30.8. The Bertz CT molecular complexity index is 1180. The molecule has 1 N–H and O–H groups in total. The monoisotopic (exact) mass is 472 g/mol. The quantitative estimate of drug-likeness (QED) is 0.564. The predicted octanol–water partition coefficient (Wildman–Crippen LogP) is 3.97. The van der Waals surface area contributed by atoms with Crippen molar-refractivity contribution in [1.29, 1.82) is 0 Å². The van der Waals surface area contributed by atoms with Crippen LogP contribution in [0.1, 0.15) is 43.5 Å². The Morgan fingerprint density at radius 2 is 1.91 bits per heavy atom. The van der Waals surface area contributed by atoms with Crippen molar-refractivity contribution < 1.29 is 13.2 Å². The van der Waals surface area contributed by atoms with E-state index in [1.54, 1.807) is 16.8 Å². The van der Waals surface area contributed by atoms with Crippen LogP contribution in [0.25, 0.3) is 10.7 Å². The third-order valence-electron chi connectivity index (χ3n) is 5.67. The number of hydrogen-bond donors (Lipinski definition) is 1. The Labute approximate surface area is 193 Å². The van der Waals surface area contributed by atoms with Crippen LogP contribution in [0.4, 0.5) is 0 Å². The molecule has 1 aliphatic heterocycles. The highest BCUT2D eigenvalue weighted by Crippen LogP contribution is 2.29. The zero-order chi connectivity index (χ0) is 22.7. The molecule has 2 aromatic heterocycles. The predicted molar refractivity (Wildman–Crippen MR) is 126 cm³/mol. The van der Waals surface area contributed by atoms with E-state index in [1.165, 1.54) is 11.3 Å². The molecule has 1 aromatic carbocycles. The van der Waals surface area contributed by atoms with Crippen LogP contribution in [0.5, 0.6) is 0 Å². The Hall–Kier alpha value is -2.49. The summed E-state index contributed by atoms with van der Waals surface area (Å²) in [6.07, 6.45) is 4.71. The summed E-state index contributed by atoms with van der Waals surface area (Å²) in [6, 6.07) is 10.7. The Kier molecular flexibility index (Phi) is 6.78. The van der Waals surface area contributed by atoms with Gasteiger partial charge in [-0.3, -0.25) is 4.79 Å². The fourth-order valence-corrected chi connectivity index (χ4v) is 6.01. The second kappa shape index (κ2) is 9.56. The van der Waals surface area contributed by atoms with Crippen molar-refractivity contribution in [2.24, 2.45) is 0 Å². The number of rotatable bonds is 7. The third-order valence-corrected chi connectivity index (χ3v) is 8.16. The average Bonchev–Trinajstić information content (AvgIpc) is 3.41. The van der Waals surface area contributed by atoms with Gasteiger partial charge in [0.15, 0.2) is 0 Å². The van der Waals surface area contributed by atoms with Gasteiger partial charge in [-0.05, 0) is 44.7 Å². The summed E-state index contributed by atoms with van der Waals surface area (Å²) in [6.45, 7) is 5.32. The smallest absolute Gasteiger partial charge is 0.242 e. The van der Waals surface area contributed by atoms with E-state index in [1.807, 2.05) is 54.5 Å². The lowest BCUT2D eigenvalue weighted by Gasteiger charge is -2.27. The summed E-state index contributed by atoms with van der Waals surface area (Å²) in [4.78, 5) is 19.4. The average molecular weight is 473 g/mol. The largest absolute Gasteiger partial charge is 0.341 e. The normalized spacial score (nSPS) is 15.6. The number of likely N-dealkylation sites (tertiary alicyclic amines) is 1. The molecule has 3 heterocycles. The zero-order valence-corrected chi connectivity index (χ0v) is 20.0. The van der Waals surface area contributed by atoms with Crippen molar-refractivity contribution in [1.82, 2.24) is 19.2 Å². The van der Waals surface area contributed by atoms with Crippen molar-refractivity contribution in [3.05, 3.63) is 59.2 Å². The summed E-state index contributed by atoms with van der Waals surface area (Å²) in [5.74, 6) is 0.00406. The van der Waals surface area contributed by atoms with Gasteiger partial charge in [-0.15, -0.1) is 11.3 Å². The Balaban J connectivity index is 1.63. The minimum absolute atomic E-state index is 0.00406. The molecular formula is C23H28N4O3S2. The first kappa shape index (κ1) is 22.7. The van der Waals surface area contributed by atoms with Gasteiger partial charge in [-0.1, -0.05) is 30.3 Å². The minimum Gasteiger partial charge on any atom is -0.341 e. The first-order valence-electron chi connectivity index (χ1n) is 10.8. The second-order valence-corrected chi connectivity index (χ2v) is 10.8. The summed E-state index contributed by atoms with van der Waals surface area (Å²) in [7, 11) is -3.79. The first-order valence-corrected chi connectivity index (χ1v) is 13.2. The highest BCUT2D eigenvalue weighted by molar-refractivity contribution is 7.89. The van der Waals surface area contributed by atoms with E-state index in [-0.39, 0.29) is 23.4 Å². The number of hydrogen-bond acceptors (Lipinski definition) is 5. The number of thiazole rings is 1. The van der Waals surface area contributed by atoms with Crippen LogP contribution in [0.2, 0.25) is 0 Å². The number of carbonyl (C=O) groups excluding carboxylic acids is 1. The molecule has 1 fully saturated rings. The fourth-order valence-electron chi connectivity index (χ4n) is 3.91. The van der Waals surface area contributed by atoms with Gasteiger partial charge >= 0.3 is 0 Å². The second-order valence-electron chi connectivity index (χ2n) is 8.18. The van der Waals surface area contributed by atoms with Crippen LogP contribution >= 0.6 is 11.3 Å². The number of nitrogens with one attached hydrogen (secondary N) is 1. The first-order chi connectivity index (χ1) is 15.3. The molecule has 170 valence electrons. The van der Waals surface area contributed by atoms with Crippen molar-refractivity contribution in [3.8, 4) is 10.7 Å². The van der Waals surface area contributed by atoms with Gasteiger partial charge in [-0.25, -0.2) is 18.1 Å². The third kappa shape index (κ3) is 5.11. The number of piperidine rings is 1. The SMILES string of the molecule is Cc1csc(-c2cc(S(=O)(=O)NC(C)c3ccccc3)cn2CC(=O)N2CCCCC2)n1. The van der Waals surface area contributed by atoms with Crippen molar-refractivity contribution >= 4 is 27.3 Å². The number of carbonyl (C=O) groups is 1. The number of aromatic nitrogens is 2.